The number of nitrogens with one attached hydrogen (secondary N) is 2. The highest BCUT2D eigenvalue weighted by atomic mass is 16.5. The molecule has 2 aromatic carbocycles. The minimum absolute atomic E-state index is 0.195. The fraction of sp³-hybridized carbons (Fsp3) is 0. The topological polar surface area (TPSA) is 110 Å². The minimum Gasteiger partial charge on any atom is -0.398 e. The Morgan fingerprint density at radius 1 is 1.00 bits per heavy atom. The van der Waals surface area contributed by atoms with E-state index < -0.39 is 11.9 Å². The first-order chi connectivity index (χ1) is 11.6. The van der Waals surface area contributed by atoms with E-state index in [1.165, 1.54) is 6.07 Å². The summed E-state index contributed by atoms with van der Waals surface area (Å²) in [4.78, 5) is 23.9. The van der Waals surface area contributed by atoms with Gasteiger partial charge in [-0.05, 0) is 12.1 Å². The zero-order valence-electron chi connectivity index (χ0n) is 12.5. The number of hydrogen-bond donors (Lipinski definition) is 3. The number of benzene rings is 2. The number of amides is 3. The molecule has 24 heavy (non-hydrogen) atoms. The lowest BCUT2D eigenvalue weighted by molar-refractivity contribution is 0.0968. The molecule has 7 heteroatoms. The molecule has 0 saturated carbocycles. The molecular weight excluding hydrogens is 308 g/mol. The average Bonchev–Trinajstić information content (AvgIpc) is 3.04. The molecule has 0 atom stereocenters. The number of para-hydroxylation sites is 1. The monoisotopic (exact) mass is 322 g/mol. The zero-order valence-corrected chi connectivity index (χ0v) is 12.5. The van der Waals surface area contributed by atoms with Gasteiger partial charge < -0.3 is 10.3 Å². The molecule has 0 aliphatic carbocycles. The van der Waals surface area contributed by atoms with Gasteiger partial charge in [-0.25, -0.2) is 4.79 Å². The van der Waals surface area contributed by atoms with Gasteiger partial charge in [-0.3, -0.25) is 15.4 Å². The number of carbonyl (C=O) groups is 2. The fourth-order valence-corrected chi connectivity index (χ4v) is 2.09. The molecule has 7 nitrogen and oxygen atoms in total. The summed E-state index contributed by atoms with van der Waals surface area (Å²) in [5.41, 5.74) is 7.03. The average molecular weight is 322 g/mol. The molecule has 0 saturated heterocycles. The number of imide groups is 1. The van der Waals surface area contributed by atoms with Crippen LogP contribution in [0.4, 0.5) is 16.3 Å². The van der Waals surface area contributed by atoms with Crippen LogP contribution < -0.4 is 16.4 Å². The smallest absolute Gasteiger partial charge is 0.327 e. The summed E-state index contributed by atoms with van der Waals surface area (Å²) < 4.78 is 5.16. The van der Waals surface area contributed by atoms with Gasteiger partial charge in [0.1, 0.15) is 0 Å². The summed E-state index contributed by atoms with van der Waals surface area (Å²) in [6.45, 7) is 0. The van der Waals surface area contributed by atoms with Gasteiger partial charge >= 0.3 is 6.03 Å². The third kappa shape index (κ3) is 3.41. The Kier molecular flexibility index (Phi) is 4.24. The van der Waals surface area contributed by atoms with E-state index in [4.69, 9.17) is 10.3 Å². The van der Waals surface area contributed by atoms with E-state index in [-0.39, 0.29) is 17.1 Å². The first kappa shape index (κ1) is 15.3. The fourth-order valence-electron chi connectivity index (χ4n) is 2.09. The molecule has 1 aromatic heterocycles. The van der Waals surface area contributed by atoms with Gasteiger partial charge in [0, 0.05) is 17.3 Å². The maximum atomic E-state index is 12.0. The van der Waals surface area contributed by atoms with Gasteiger partial charge in [0.25, 0.3) is 5.91 Å². The maximum absolute atomic E-state index is 12.0. The van der Waals surface area contributed by atoms with Gasteiger partial charge in [0.15, 0.2) is 11.6 Å². The van der Waals surface area contributed by atoms with Crippen molar-refractivity contribution in [2.45, 2.75) is 0 Å². The van der Waals surface area contributed by atoms with Crippen molar-refractivity contribution in [3.05, 3.63) is 66.2 Å². The van der Waals surface area contributed by atoms with Crippen molar-refractivity contribution >= 4 is 23.4 Å². The van der Waals surface area contributed by atoms with Crippen molar-refractivity contribution in [2.75, 3.05) is 11.1 Å². The van der Waals surface area contributed by atoms with Crippen LogP contribution >= 0.6 is 0 Å². The van der Waals surface area contributed by atoms with Crippen LogP contribution in [0.2, 0.25) is 0 Å². The van der Waals surface area contributed by atoms with Crippen LogP contribution in [-0.4, -0.2) is 17.1 Å². The Labute approximate surface area is 137 Å². The highest BCUT2D eigenvalue weighted by Crippen LogP contribution is 2.21. The molecule has 3 amide bonds. The molecule has 0 aliphatic rings. The first-order valence-electron chi connectivity index (χ1n) is 7.12. The summed E-state index contributed by atoms with van der Waals surface area (Å²) >= 11 is 0. The lowest BCUT2D eigenvalue weighted by atomic mass is 10.2. The van der Waals surface area contributed by atoms with E-state index in [2.05, 4.69) is 15.8 Å². The van der Waals surface area contributed by atoms with Crippen molar-refractivity contribution in [2.24, 2.45) is 0 Å². The second-order valence-electron chi connectivity index (χ2n) is 4.94. The lowest BCUT2D eigenvalue weighted by Gasteiger charge is -2.06. The summed E-state index contributed by atoms with van der Waals surface area (Å²) in [5, 5.41) is 8.37. The zero-order chi connectivity index (χ0) is 16.9. The molecule has 3 aromatic rings. The number of nitrogen functional groups attached to an aromatic ring is 1. The Bertz CT molecular complexity index is 874. The number of hydrogen-bond acceptors (Lipinski definition) is 5. The number of urea groups is 1. The van der Waals surface area contributed by atoms with Crippen LogP contribution in [0, 0.1) is 0 Å². The van der Waals surface area contributed by atoms with Crippen LogP contribution in [0.3, 0.4) is 0 Å². The van der Waals surface area contributed by atoms with Gasteiger partial charge in [0.2, 0.25) is 0 Å². The Balaban J connectivity index is 1.65. The number of nitrogens with zero attached hydrogens (tertiary/aromatic N) is 1. The molecule has 0 radical (unpaired) electrons. The summed E-state index contributed by atoms with van der Waals surface area (Å²) in [6, 6.07) is 16.6. The van der Waals surface area contributed by atoms with Crippen LogP contribution in [0.1, 0.15) is 10.4 Å². The SMILES string of the molecule is Nc1ccccc1C(=O)NC(=O)Nc1cc(-c2ccccc2)on1. The van der Waals surface area contributed by atoms with E-state index in [0.29, 0.717) is 5.76 Å². The lowest BCUT2D eigenvalue weighted by Crippen LogP contribution is -2.34. The molecule has 0 unspecified atom stereocenters. The third-order valence-corrected chi connectivity index (χ3v) is 3.24. The highest BCUT2D eigenvalue weighted by molar-refractivity contribution is 6.10. The molecular formula is C17H14N4O3. The number of nitrogens with two attached hydrogens (primary N) is 1. The maximum Gasteiger partial charge on any atom is 0.327 e. The molecule has 0 aliphatic heterocycles. The number of anilines is 2. The van der Waals surface area contributed by atoms with Crippen LogP contribution in [-0.2, 0) is 0 Å². The summed E-state index contributed by atoms with van der Waals surface area (Å²) in [6.07, 6.45) is 0. The molecule has 0 spiro atoms. The summed E-state index contributed by atoms with van der Waals surface area (Å²) in [5.74, 6) is 0.0992. The van der Waals surface area contributed by atoms with Crippen LogP contribution in [0.25, 0.3) is 11.3 Å². The Morgan fingerprint density at radius 3 is 2.46 bits per heavy atom. The van der Waals surface area contributed by atoms with Crippen molar-refractivity contribution in [3.63, 3.8) is 0 Å². The van der Waals surface area contributed by atoms with E-state index in [1.54, 1.807) is 24.3 Å². The Hall–Kier alpha value is -3.61. The minimum atomic E-state index is -0.726. The first-order valence-corrected chi connectivity index (χ1v) is 7.12. The molecule has 3 rings (SSSR count). The third-order valence-electron chi connectivity index (χ3n) is 3.24. The van der Waals surface area contributed by atoms with Crippen molar-refractivity contribution in [1.82, 2.24) is 10.5 Å². The van der Waals surface area contributed by atoms with Crippen LogP contribution in [0.5, 0.6) is 0 Å². The van der Waals surface area contributed by atoms with Gasteiger partial charge in [-0.1, -0.05) is 47.6 Å². The molecule has 120 valence electrons. The number of aromatic nitrogens is 1. The quantitative estimate of drug-likeness (QED) is 0.642. The van der Waals surface area contributed by atoms with Crippen LogP contribution in [0.15, 0.2) is 65.2 Å². The van der Waals surface area contributed by atoms with Crippen molar-refractivity contribution in [3.8, 4) is 11.3 Å². The Morgan fingerprint density at radius 2 is 1.71 bits per heavy atom. The van der Waals surface area contributed by atoms with Gasteiger partial charge in [-0.15, -0.1) is 0 Å². The van der Waals surface area contributed by atoms with Crippen molar-refractivity contribution < 1.29 is 14.1 Å². The second-order valence-corrected chi connectivity index (χ2v) is 4.94. The van der Waals surface area contributed by atoms with Crippen molar-refractivity contribution in [1.29, 1.82) is 0 Å². The molecule has 0 bridgehead atoms. The predicted molar refractivity (Wildman–Crippen MR) is 89.3 cm³/mol. The molecule has 4 N–H and O–H groups in total. The number of carbonyl (C=O) groups excluding carboxylic acids is 2. The summed E-state index contributed by atoms with van der Waals surface area (Å²) in [7, 11) is 0. The van der Waals surface area contributed by atoms with E-state index in [0.717, 1.165) is 5.56 Å². The standard InChI is InChI=1S/C17H14N4O3/c18-13-9-5-4-8-12(13)16(22)20-17(23)19-15-10-14(24-21-15)11-6-2-1-3-7-11/h1-10H,18H2,(H2,19,20,21,22,23). The van der Waals surface area contributed by atoms with E-state index >= 15 is 0 Å². The largest absolute Gasteiger partial charge is 0.398 e. The number of rotatable bonds is 3. The normalized spacial score (nSPS) is 10.2. The second kappa shape index (κ2) is 6.66. The molecule has 1 heterocycles. The van der Waals surface area contributed by atoms with E-state index in [9.17, 15) is 9.59 Å². The van der Waals surface area contributed by atoms with E-state index in [1.807, 2.05) is 30.3 Å². The van der Waals surface area contributed by atoms with Gasteiger partial charge in [-0.2, -0.15) is 0 Å². The van der Waals surface area contributed by atoms with Gasteiger partial charge in [0.05, 0.1) is 5.56 Å². The highest BCUT2D eigenvalue weighted by Gasteiger charge is 2.14. The predicted octanol–water partition coefficient (Wildman–Crippen LogP) is 2.89. The molecule has 0 fully saturated rings.